The van der Waals surface area contributed by atoms with Gasteiger partial charge >= 0.3 is 12.0 Å². The Morgan fingerprint density at radius 1 is 1.29 bits per heavy atom. The predicted molar refractivity (Wildman–Crippen MR) is 103 cm³/mol. The third-order valence-corrected chi connectivity index (χ3v) is 4.61. The van der Waals surface area contributed by atoms with E-state index in [2.05, 4.69) is 5.32 Å². The summed E-state index contributed by atoms with van der Waals surface area (Å²) in [7, 11) is 1.56. The summed E-state index contributed by atoms with van der Waals surface area (Å²) in [5.41, 5.74) is 1.21. The predicted octanol–water partition coefficient (Wildman–Crippen LogP) is 2.99. The number of carbonyl (C=O) groups is 2. The Kier molecular flexibility index (Phi) is 7.53. The third-order valence-electron chi connectivity index (χ3n) is 4.32. The Morgan fingerprint density at radius 2 is 2.00 bits per heavy atom. The van der Waals surface area contributed by atoms with Crippen molar-refractivity contribution in [2.45, 2.75) is 26.8 Å². The Hall–Kier alpha value is -2.45. The van der Waals surface area contributed by atoms with Crippen LogP contribution in [0.3, 0.4) is 0 Å². The molecule has 0 fully saturated rings. The summed E-state index contributed by atoms with van der Waals surface area (Å²) in [6.07, 6.45) is 0. The Labute approximate surface area is 169 Å². The number of esters is 1. The summed E-state index contributed by atoms with van der Waals surface area (Å²) >= 11 is 6.12. The minimum atomic E-state index is -0.805. The van der Waals surface area contributed by atoms with Crippen molar-refractivity contribution < 1.29 is 28.9 Å². The number of rotatable bonds is 8. The number of phenols is 1. The van der Waals surface area contributed by atoms with Gasteiger partial charge in [-0.05, 0) is 38.5 Å². The summed E-state index contributed by atoms with van der Waals surface area (Å²) in [6.45, 7) is 6.48. The van der Waals surface area contributed by atoms with Crippen LogP contribution >= 0.6 is 11.6 Å². The molecule has 28 heavy (non-hydrogen) atoms. The fraction of sp³-hybridized carbons (Fsp3) is 0.474. The first kappa shape index (κ1) is 21.8. The van der Waals surface area contributed by atoms with Crippen LogP contribution in [0.5, 0.6) is 11.5 Å². The topological polar surface area (TPSA) is 97.3 Å². The third kappa shape index (κ3) is 4.69. The smallest absolute Gasteiger partial charge is 0.338 e. The van der Waals surface area contributed by atoms with Crippen molar-refractivity contribution in [3.63, 3.8) is 0 Å². The number of benzene rings is 1. The monoisotopic (exact) mass is 412 g/mol. The molecular formula is C19H25ClN2O6. The van der Waals surface area contributed by atoms with Crippen LogP contribution in [-0.4, -0.2) is 55.5 Å². The SMILES string of the molecule is CCOCCOC(=O)C1=C(C)N(C)C(=O)N[C@H]1c1cc(Cl)c(O)c(OCC)c1. The van der Waals surface area contributed by atoms with Crippen molar-refractivity contribution in [3.05, 3.63) is 34.0 Å². The molecule has 1 aliphatic rings. The van der Waals surface area contributed by atoms with Crippen molar-refractivity contribution >= 4 is 23.6 Å². The molecule has 0 saturated carbocycles. The maximum absolute atomic E-state index is 12.7. The number of hydrogen-bond donors (Lipinski definition) is 2. The highest BCUT2D eigenvalue weighted by molar-refractivity contribution is 6.32. The minimum Gasteiger partial charge on any atom is -0.503 e. The van der Waals surface area contributed by atoms with E-state index in [4.69, 9.17) is 25.8 Å². The molecule has 154 valence electrons. The van der Waals surface area contributed by atoms with Gasteiger partial charge in [0.2, 0.25) is 0 Å². The second-order valence-corrected chi connectivity index (χ2v) is 6.46. The van der Waals surface area contributed by atoms with Gasteiger partial charge in [0, 0.05) is 19.4 Å². The molecule has 1 aliphatic heterocycles. The summed E-state index contributed by atoms with van der Waals surface area (Å²) in [4.78, 5) is 26.4. The quantitative estimate of drug-likeness (QED) is 0.503. The van der Waals surface area contributed by atoms with Gasteiger partial charge in [0.25, 0.3) is 0 Å². The molecule has 2 N–H and O–H groups in total. The minimum absolute atomic E-state index is 0.0517. The molecule has 0 aromatic heterocycles. The van der Waals surface area contributed by atoms with Gasteiger partial charge in [-0.1, -0.05) is 11.6 Å². The van der Waals surface area contributed by atoms with E-state index in [-0.39, 0.29) is 41.3 Å². The number of hydrogen-bond acceptors (Lipinski definition) is 6. The fourth-order valence-corrected chi connectivity index (χ4v) is 3.01. The molecule has 8 nitrogen and oxygen atoms in total. The van der Waals surface area contributed by atoms with Crippen LogP contribution in [0.25, 0.3) is 0 Å². The molecule has 0 bridgehead atoms. The maximum Gasteiger partial charge on any atom is 0.338 e. The molecule has 9 heteroatoms. The molecule has 0 spiro atoms. The molecule has 1 atom stereocenters. The molecule has 0 saturated heterocycles. The zero-order valence-electron chi connectivity index (χ0n) is 16.4. The van der Waals surface area contributed by atoms with Crippen molar-refractivity contribution in [2.75, 3.05) is 33.5 Å². The van der Waals surface area contributed by atoms with Crippen molar-refractivity contribution in [1.82, 2.24) is 10.2 Å². The molecule has 0 aliphatic carbocycles. The lowest BCUT2D eigenvalue weighted by Gasteiger charge is -2.33. The van der Waals surface area contributed by atoms with Crippen LogP contribution in [0.4, 0.5) is 4.79 Å². The summed E-state index contributed by atoms with van der Waals surface area (Å²) < 4.78 is 15.9. The molecule has 1 aromatic rings. The van der Waals surface area contributed by atoms with Crippen LogP contribution in [0.2, 0.25) is 5.02 Å². The van der Waals surface area contributed by atoms with Gasteiger partial charge in [-0.3, -0.25) is 0 Å². The number of amides is 2. The van der Waals surface area contributed by atoms with E-state index < -0.39 is 12.0 Å². The van der Waals surface area contributed by atoms with Gasteiger partial charge in [0.05, 0.1) is 29.9 Å². The Balaban J connectivity index is 2.42. The largest absolute Gasteiger partial charge is 0.503 e. The number of nitrogens with one attached hydrogen (secondary N) is 1. The van der Waals surface area contributed by atoms with Crippen LogP contribution in [-0.2, 0) is 14.3 Å². The van der Waals surface area contributed by atoms with Gasteiger partial charge in [-0.25, -0.2) is 9.59 Å². The van der Waals surface area contributed by atoms with Gasteiger partial charge in [-0.15, -0.1) is 0 Å². The van der Waals surface area contributed by atoms with Crippen LogP contribution in [0.1, 0.15) is 32.4 Å². The van der Waals surface area contributed by atoms with Crippen LogP contribution in [0, 0.1) is 0 Å². The van der Waals surface area contributed by atoms with E-state index in [1.165, 1.54) is 11.0 Å². The van der Waals surface area contributed by atoms with Crippen molar-refractivity contribution in [2.24, 2.45) is 0 Å². The first-order valence-electron chi connectivity index (χ1n) is 8.96. The highest BCUT2D eigenvalue weighted by Crippen LogP contribution is 2.40. The lowest BCUT2D eigenvalue weighted by molar-refractivity contribution is -0.141. The van der Waals surface area contributed by atoms with Crippen molar-refractivity contribution in [3.8, 4) is 11.5 Å². The van der Waals surface area contributed by atoms with Crippen molar-refractivity contribution in [1.29, 1.82) is 0 Å². The standard InChI is InChI=1S/C19H25ClN2O6/c1-5-26-7-8-28-18(24)15-11(3)22(4)19(25)21-16(15)12-9-13(20)17(23)14(10-12)27-6-2/h9-10,16,23H,5-8H2,1-4H3,(H,21,25)/t16-/m0/s1. The first-order valence-corrected chi connectivity index (χ1v) is 9.34. The van der Waals surface area contributed by atoms with Gasteiger partial charge in [0.15, 0.2) is 11.5 Å². The second-order valence-electron chi connectivity index (χ2n) is 6.06. The van der Waals surface area contributed by atoms with E-state index in [9.17, 15) is 14.7 Å². The molecule has 0 radical (unpaired) electrons. The second kappa shape index (κ2) is 9.66. The normalized spacial score (nSPS) is 16.8. The van der Waals surface area contributed by atoms with E-state index in [0.29, 0.717) is 24.5 Å². The molecule has 2 amide bonds. The number of nitrogens with zero attached hydrogens (tertiary/aromatic N) is 1. The highest BCUT2D eigenvalue weighted by Gasteiger charge is 2.35. The van der Waals surface area contributed by atoms with Crippen LogP contribution in [0.15, 0.2) is 23.4 Å². The molecular weight excluding hydrogens is 388 g/mol. The fourth-order valence-electron chi connectivity index (χ4n) is 2.79. The number of allylic oxidation sites excluding steroid dienone is 1. The van der Waals surface area contributed by atoms with E-state index >= 15 is 0 Å². The zero-order valence-corrected chi connectivity index (χ0v) is 17.1. The number of urea groups is 1. The average Bonchev–Trinajstić information content (AvgIpc) is 2.66. The zero-order chi connectivity index (χ0) is 20.8. The number of aromatic hydroxyl groups is 1. The molecule has 1 heterocycles. The van der Waals surface area contributed by atoms with Gasteiger partial charge < -0.3 is 29.5 Å². The Morgan fingerprint density at radius 3 is 2.64 bits per heavy atom. The van der Waals surface area contributed by atoms with E-state index in [1.54, 1.807) is 27.0 Å². The Bertz CT molecular complexity index is 780. The maximum atomic E-state index is 12.7. The van der Waals surface area contributed by atoms with Gasteiger partial charge in [0.1, 0.15) is 6.61 Å². The van der Waals surface area contributed by atoms with E-state index in [1.807, 2.05) is 6.92 Å². The lowest BCUT2D eigenvalue weighted by Crippen LogP contribution is -2.46. The number of carbonyl (C=O) groups excluding carboxylic acids is 2. The molecule has 1 aromatic carbocycles. The summed E-state index contributed by atoms with van der Waals surface area (Å²) in [5.74, 6) is -0.607. The number of halogens is 1. The molecule has 2 rings (SSSR count). The summed E-state index contributed by atoms with van der Waals surface area (Å²) in [6, 6.07) is 1.84. The van der Waals surface area contributed by atoms with E-state index in [0.717, 1.165) is 0 Å². The van der Waals surface area contributed by atoms with Gasteiger partial charge in [-0.2, -0.15) is 0 Å². The molecule has 0 unspecified atom stereocenters. The van der Waals surface area contributed by atoms with Crippen LogP contribution < -0.4 is 10.1 Å². The highest BCUT2D eigenvalue weighted by atomic mass is 35.5. The lowest BCUT2D eigenvalue weighted by atomic mass is 9.94. The number of ether oxygens (including phenoxy) is 3. The summed E-state index contributed by atoms with van der Waals surface area (Å²) in [5, 5.41) is 12.9. The average molecular weight is 413 g/mol. The number of phenolic OH excluding ortho intramolecular Hbond substituents is 1. The first-order chi connectivity index (χ1) is 13.3.